The number of nitrogens with zero attached hydrogens (tertiary/aromatic N) is 1. The second-order valence-corrected chi connectivity index (χ2v) is 7.39. The second-order valence-electron chi connectivity index (χ2n) is 5.08. The predicted molar refractivity (Wildman–Crippen MR) is 70.0 cm³/mol. The van der Waals surface area contributed by atoms with Crippen molar-refractivity contribution in [1.29, 1.82) is 0 Å². The molecule has 4 nitrogen and oxygen atoms in total. The van der Waals surface area contributed by atoms with Crippen molar-refractivity contribution in [2.45, 2.75) is 4.90 Å². The Morgan fingerprint density at radius 3 is 2.47 bits per heavy atom. The number of benzene rings is 1. The van der Waals surface area contributed by atoms with Crippen LogP contribution in [0.15, 0.2) is 23.1 Å². The molecule has 2 unspecified atom stereocenters. The van der Waals surface area contributed by atoms with E-state index in [1.54, 1.807) is 0 Å². The van der Waals surface area contributed by atoms with Crippen LogP contribution in [-0.2, 0) is 10.0 Å². The summed E-state index contributed by atoms with van der Waals surface area (Å²) in [5.41, 5.74) is 0. The van der Waals surface area contributed by atoms with E-state index in [9.17, 15) is 12.8 Å². The highest BCUT2D eigenvalue weighted by Gasteiger charge is 2.41. The number of rotatable bonds is 2. The summed E-state index contributed by atoms with van der Waals surface area (Å²) in [4.78, 5) is -0.0106. The molecule has 2 heterocycles. The highest BCUT2D eigenvalue weighted by molar-refractivity contribution is 7.89. The van der Waals surface area contributed by atoms with Gasteiger partial charge in [0.15, 0.2) is 0 Å². The first-order chi connectivity index (χ1) is 8.98. The Morgan fingerprint density at radius 2 is 1.89 bits per heavy atom. The Kier molecular flexibility index (Phi) is 3.29. The quantitative estimate of drug-likeness (QED) is 0.896. The van der Waals surface area contributed by atoms with E-state index in [1.165, 1.54) is 10.4 Å². The van der Waals surface area contributed by atoms with Crippen molar-refractivity contribution in [3.63, 3.8) is 0 Å². The van der Waals surface area contributed by atoms with Gasteiger partial charge in [-0.1, -0.05) is 11.6 Å². The number of sulfonamides is 1. The van der Waals surface area contributed by atoms with Gasteiger partial charge in [-0.25, -0.2) is 12.8 Å². The van der Waals surface area contributed by atoms with Gasteiger partial charge in [-0.05, 0) is 43.1 Å². The molecule has 2 saturated heterocycles. The first-order valence-corrected chi connectivity index (χ1v) is 7.96. The largest absolute Gasteiger partial charge is 0.316 e. The molecule has 1 N–H and O–H groups in total. The third-order valence-corrected chi connectivity index (χ3v) is 6.18. The molecule has 104 valence electrons. The van der Waals surface area contributed by atoms with Crippen LogP contribution < -0.4 is 5.32 Å². The van der Waals surface area contributed by atoms with Crippen LogP contribution in [0.1, 0.15) is 0 Å². The van der Waals surface area contributed by atoms with E-state index in [0.29, 0.717) is 24.9 Å². The van der Waals surface area contributed by atoms with E-state index < -0.39 is 15.8 Å². The summed E-state index contributed by atoms with van der Waals surface area (Å²) in [6, 6.07) is 3.39. The number of hydrogen-bond donors (Lipinski definition) is 1. The Balaban J connectivity index is 1.91. The third kappa shape index (κ3) is 2.27. The van der Waals surface area contributed by atoms with Crippen LogP contribution in [-0.4, -0.2) is 38.9 Å². The Hall–Kier alpha value is -0.690. The van der Waals surface area contributed by atoms with Gasteiger partial charge in [0.25, 0.3) is 0 Å². The maximum absolute atomic E-state index is 13.0. The molecule has 7 heteroatoms. The molecule has 0 aliphatic carbocycles. The summed E-state index contributed by atoms with van der Waals surface area (Å²) in [5, 5.41) is 3.20. The topological polar surface area (TPSA) is 49.4 Å². The molecule has 2 aliphatic heterocycles. The molecule has 0 saturated carbocycles. The standard InChI is InChI=1S/C12H14ClFN2O2S/c13-11-3-10(14)1-2-12(11)19(17,18)16-6-8-4-15-5-9(8)7-16/h1-3,8-9,15H,4-7H2. The lowest BCUT2D eigenvalue weighted by Crippen LogP contribution is -2.32. The van der Waals surface area contributed by atoms with Crippen LogP contribution in [0.5, 0.6) is 0 Å². The zero-order chi connectivity index (χ0) is 13.6. The van der Waals surface area contributed by atoms with Crippen molar-refractivity contribution in [2.24, 2.45) is 11.8 Å². The Labute approximate surface area is 116 Å². The average molecular weight is 305 g/mol. The fraction of sp³-hybridized carbons (Fsp3) is 0.500. The zero-order valence-corrected chi connectivity index (χ0v) is 11.7. The van der Waals surface area contributed by atoms with E-state index in [1.807, 2.05) is 0 Å². The van der Waals surface area contributed by atoms with Crippen LogP contribution in [0.2, 0.25) is 5.02 Å². The summed E-state index contributed by atoms with van der Waals surface area (Å²) in [5.74, 6) is 0.203. The van der Waals surface area contributed by atoms with Crippen LogP contribution in [0.25, 0.3) is 0 Å². The SMILES string of the molecule is O=S(=O)(c1ccc(F)cc1Cl)N1CC2CNCC2C1. The van der Waals surface area contributed by atoms with Gasteiger partial charge in [-0.3, -0.25) is 0 Å². The number of nitrogens with one attached hydrogen (secondary N) is 1. The fourth-order valence-corrected chi connectivity index (χ4v) is 4.89. The van der Waals surface area contributed by atoms with Gasteiger partial charge < -0.3 is 5.32 Å². The lowest BCUT2D eigenvalue weighted by molar-refractivity contribution is 0.448. The molecule has 0 amide bonds. The van der Waals surface area contributed by atoms with Crippen LogP contribution in [0.3, 0.4) is 0 Å². The van der Waals surface area contributed by atoms with Gasteiger partial charge in [0.05, 0.1) is 5.02 Å². The minimum atomic E-state index is -3.62. The van der Waals surface area contributed by atoms with E-state index in [-0.39, 0.29) is 9.92 Å². The minimum absolute atomic E-state index is 0.0106. The molecule has 0 aromatic heterocycles. The van der Waals surface area contributed by atoms with Crippen molar-refractivity contribution in [3.05, 3.63) is 29.0 Å². The van der Waals surface area contributed by atoms with Gasteiger partial charge in [-0.15, -0.1) is 0 Å². The summed E-state index contributed by atoms with van der Waals surface area (Å²) in [6.07, 6.45) is 0. The Bertz CT molecular complexity index is 596. The fourth-order valence-electron chi connectivity index (χ4n) is 2.83. The maximum atomic E-state index is 13.0. The molecular weight excluding hydrogens is 291 g/mol. The summed E-state index contributed by atoms with van der Waals surface area (Å²) in [7, 11) is -3.62. The second kappa shape index (κ2) is 4.70. The van der Waals surface area contributed by atoms with Gasteiger partial charge >= 0.3 is 0 Å². The van der Waals surface area contributed by atoms with Gasteiger partial charge in [0.2, 0.25) is 10.0 Å². The summed E-state index contributed by atoms with van der Waals surface area (Å²) in [6.45, 7) is 2.73. The van der Waals surface area contributed by atoms with Crippen molar-refractivity contribution < 1.29 is 12.8 Å². The summed E-state index contributed by atoms with van der Waals surface area (Å²) < 4.78 is 39.5. The lowest BCUT2D eigenvalue weighted by Gasteiger charge is -2.18. The highest BCUT2D eigenvalue weighted by atomic mass is 35.5. The third-order valence-electron chi connectivity index (χ3n) is 3.87. The van der Waals surface area contributed by atoms with Crippen LogP contribution in [0.4, 0.5) is 4.39 Å². The van der Waals surface area contributed by atoms with Gasteiger partial charge in [-0.2, -0.15) is 4.31 Å². The van der Waals surface area contributed by atoms with E-state index in [4.69, 9.17) is 11.6 Å². The van der Waals surface area contributed by atoms with Crippen molar-refractivity contribution >= 4 is 21.6 Å². The first-order valence-electron chi connectivity index (χ1n) is 6.14. The minimum Gasteiger partial charge on any atom is -0.316 e. The number of hydrogen-bond acceptors (Lipinski definition) is 3. The smallest absolute Gasteiger partial charge is 0.244 e. The van der Waals surface area contributed by atoms with Crippen molar-refractivity contribution in [1.82, 2.24) is 9.62 Å². The summed E-state index contributed by atoms with van der Waals surface area (Å²) >= 11 is 5.85. The molecular formula is C12H14ClFN2O2S. The van der Waals surface area contributed by atoms with Crippen LogP contribution >= 0.6 is 11.6 Å². The molecule has 1 aromatic carbocycles. The van der Waals surface area contributed by atoms with E-state index >= 15 is 0 Å². The van der Waals surface area contributed by atoms with Gasteiger partial charge in [0, 0.05) is 13.1 Å². The predicted octanol–water partition coefficient (Wildman–Crippen LogP) is 1.32. The Morgan fingerprint density at radius 1 is 1.26 bits per heavy atom. The monoisotopic (exact) mass is 304 g/mol. The molecule has 2 atom stereocenters. The zero-order valence-electron chi connectivity index (χ0n) is 10.1. The van der Waals surface area contributed by atoms with E-state index in [2.05, 4.69) is 5.32 Å². The van der Waals surface area contributed by atoms with Gasteiger partial charge in [0.1, 0.15) is 10.7 Å². The molecule has 2 fully saturated rings. The van der Waals surface area contributed by atoms with Crippen molar-refractivity contribution in [3.8, 4) is 0 Å². The van der Waals surface area contributed by atoms with Crippen LogP contribution in [0, 0.1) is 17.7 Å². The number of fused-ring (bicyclic) bond motifs is 1. The molecule has 2 aliphatic rings. The maximum Gasteiger partial charge on any atom is 0.244 e. The lowest BCUT2D eigenvalue weighted by atomic mass is 10.0. The molecule has 0 radical (unpaired) electrons. The molecule has 19 heavy (non-hydrogen) atoms. The molecule has 0 bridgehead atoms. The average Bonchev–Trinajstić information content (AvgIpc) is 2.87. The van der Waals surface area contributed by atoms with Crippen molar-refractivity contribution in [2.75, 3.05) is 26.2 Å². The molecule has 0 spiro atoms. The molecule has 3 rings (SSSR count). The first kappa shape index (κ1) is 13.3. The number of halogens is 2. The van der Waals surface area contributed by atoms with E-state index in [0.717, 1.165) is 25.2 Å². The normalized spacial score (nSPS) is 27.7. The molecule has 1 aromatic rings. The highest BCUT2D eigenvalue weighted by Crippen LogP contribution is 2.33.